The van der Waals surface area contributed by atoms with E-state index in [0.717, 1.165) is 19.6 Å². The highest BCUT2D eigenvalue weighted by molar-refractivity contribution is 4.64. The summed E-state index contributed by atoms with van der Waals surface area (Å²) in [6.07, 6.45) is 0. The van der Waals surface area contributed by atoms with Gasteiger partial charge in [-0.1, -0.05) is 0 Å². The molecule has 0 aromatic heterocycles. The zero-order chi connectivity index (χ0) is 5.82. The third-order valence-corrected chi connectivity index (χ3v) is 1.42. The molecule has 0 radical (unpaired) electrons. The molecule has 2 nitrogen and oxygen atoms in total. The maximum Gasteiger partial charge on any atom is 0.110 e. The monoisotopic (exact) mass is 119 g/mol. The van der Waals surface area contributed by atoms with Crippen molar-refractivity contribution >= 4 is 0 Å². The molecule has 3 heteroatoms. The molecule has 8 heavy (non-hydrogen) atoms. The fourth-order valence-electron chi connectivity index (χ4n) is 0.909. The lowest BCUT2D eigenvalue weighted by Crippen LogP contribution is -2.91. The molecule has 1 rings (SSSR count). The predicted molar refractivity (Wildman–Crippen MR) is 29.4 cm³/mol. The third kappa shape index (κ3) is 1.42. The van der Waals surface area contributed by atoms with E-state index in [-0.39, 0.29) is 12.7 Å². The van der Waals surface area contributed by atoms with Crippen LogP contribution >= 0.6 is 0 Å². The Balaban J connectivity index is 2.13. The Morgan fingerprint density at radius 2 is 2.62 bits per heavy atom. The minimum absolute atomic E-state index is 0.115. The summed E-state index contributed by atoms with van der Waals surface area (Å²) in [6.45, 7) is 2.72. The number of hydrogen-bond acceptors (Lipinski definition) is 1. The number of alkyl halides is 1. The molecule has 1 aliphatic heterocycles. The largest absolute Gasteiger partial charge is 0.344 e. The van der Waals surface area contributed by atoms with Crippen LogP contribution in [0, 0.1) is 0 Å². The summed E-state index contributed by atoms with van der Waals surface area (Å²) in [7, 11) is 0. The number of quaternary nitrogens is 1. The van der Waals surface area contributed by atoms with Crippen LogP contribution in [0.1, 0.15) is 0 Å². The van der Waals surface area contributed by atoms with Crippen LogP contribution in [0.5, 0.6) is 0 Å². The highest BCUT2D eigenvalue weighted by Gasteiger charge is 2.12. The van der Waals surface area contributed by atoms with E-state index in [1.807, 2.05) is 0 Å². The minimum Gasteiger partial charge on any atom is -0.344 e. The van der Waals surface area contributed by atoms with Gasteiger partial charge in [0.15, 0.2) is 0 Å². The lowest BCUT2D eigenvalue weighted by Gasteiger charge is -2.18. The molecule has 0 spiro atoms. The molecule has 0 aromatic rings. The summed E-state index contributed by atoms with van der Waals surface area (Å²) >= 11 is 0. The summed E-state index contributed by atoms with van der Waals surface area (Å²) in [4.78, 5) is 0. The molecule has 1 saturated heterocycles. The first-order chi connectivity index (χ1) is 3.93. The van der Waals surface area contributed by atoms with Crippen LogP contribution in [-0.4, -0.2) is 32.4 Å². The maximum atomic E-state index is 11.8. The Bertz CT molecular complexity index is 61.4. The Kier molecular flexibility index (Phi) is 2.24. The van der Waals surface area contributed by atoms with E-state index in [9.17, 15) is 4.39 Å². The van der Waals surface area contributed by atoms with Gasteiger partial charge in [0, 0.05) is 6.54 Å². The van der Waals surface area contributed by atoms with Gasteiger partial charge in [0.2, 0.25) is 0 Å². The molecule has 1 heterocycles. The van der Waals surface area contributed by atoms with Crippen molar-refractivity contribution < 1.29 is 9.71 Å². The second-order valence-electron chi connectivity index (χ2n) is 2.12. The summed E-state index contributed by atoms with van der Waals surface area (Å²) < 4.78 is 11.8. The standard InChI is InChI=1S/C5H11FN2/c6-3-5-4-7-1-2-8-5/h5,7-8H,1-4H2/p+1/t5-/m0/s1. The van der Waals surface area contributed by atoms with Gasteiger partial charge >= 0.3 is 0 Å². The first kappa shape index (κ1) is 5.98. The quantitative estimate of drug-likeness (QED) is 0.432. The first-order valence-corrected chi connectivity index (χ1v) is 3.04. The number of halogens is 1. The van der Waals surface area contributed by atoms with Crippen molar-refractivity contribution in [1.29, 1.82) is 0 Å². The van der Waals surface area contributed by atoms with E-state index in [1.54, 1.807) is 0 Å². The Morgan fingerprint density at radius 1 is 1.75 bits per heavy atom. The second kappa shape index (κ2) is 2.99. The van der Waals surface area contributed by atoms with Crippen LogP contribution in [0.4, 0.5) is 4.39 Å². The third-order valence-electron chi connectivity index (χ3n) is 1.42. The van der Waals surface area contributed by atoms with Crippen molar-refractivity contribution in [3.63, 3.8) is 0 Å². The Hall–Kier alpha value is -0.150. The molecule has 48 valence electrons. The van der Waals surface area contributed by atoms with Crippen LogP contribution < -0.4 is 10.6 Å². The Morgan fingerprint density at radius 3 is 3.00 bits per heavy atom. The highest BCUT2D eigenvalue weighted by atomic mass is 19.1. The van der Waals surface area contributed by atoms with E-state index < -0.39 is 0 Å². The van der Waals surface area contributed by atoms with Crippen LogP contribution in [0.2, 0.25) is 0 Å². The summed E-state index contributed by atoms with van der Waals surface area (Å²) in [5.41, 5.74) is 0. The van der Waals surface area contributed by atoms with Gasteiger partial charge in [0.05, 0.1) is 19.1 Å². The lowest BCUT2D eigenvalue weighted by atomic mass is 10.3. The van der Waals surface area contributed by atoms with Crippen LogP contribution in [0.15, 0.2) is 0 Å². The van der Waals surface area contributed by atoms with Gasteiger partial charge in [-0.25, -0.2) is 4.39 Å². The van der Waals surface area contributed by atoms with E-state index in [4.69, 9.17) is 0 Å². The van der Waals surface area contributed by atoms with Crippen LogP contribution in [0.3, 0.4) is 0 Å². The summed E-state index contributed by atoms with van der Waals surface area (Å²) in [5.74, 6) is 0. The molecular weight excluding hydrogens is 107 g/mol. The van der Waals surface area contributed by atoms with Crippen molar-refractivity contribution in [2.24, 2.45) is 0 Å². The van der Waals surface area contributed by atoms with Crippen molar-refractivity contribution in [3.8, 4) is 0 Å². The minimum atomic E-state index is -0.226. The summed E-state index contributed by atoms with van der Waals surface area (Å²) in [6, 6.07) is 0.115. The molecule has 0 aliphatic carbocycles. The molecule has 1 fully saturated rings. The van der Waals surface area contributed by atoms with E-state index in [1.165, 1.54) is 0 Å². The average Bonchev–Trinajstić information content (AvgIpc) is 1.90. The SMILES string of the molecule is FC[C@H]1C[NH2+]CCN1. The molecule has 0 saturated carbocycles. The average molecular weight is 119 g/mol. The van der Waals surface area contributed by atoms with Crippen molar-refractivity contribution in [2.45, 2.75) is 6.04 Å². The molecular formula is C5H12FN2+. The molecule has 1 aliphatic rings. The smallest absolute Gasteiger partial charge is 0.110 e. The van der Waals surface area contributed by atoms with Gasteiger partial charge in [0.1, 0.15) is 6.67 Å². The van der Waals surface area contributed by atoms with Crippen molar-refractivity contribution in [3.05, 3.63) is 0 Å². The number of nitrogens with one attached hydrogen (secondary N) is 1. The molecule has 0 unspecified atom stereocenters. The van der Waals surface area contributed by atoms with Gasteiger partial charge in [0.25, 0.3) is 0 Å². The highest BCUT2D eigenvalue weighted by Crippen LogP contribution is 1.80. The maximum absolute atomic E-state index is 11.8. The van der Waals surface area contributed by atoms with Crippen molar-refractivity contribution in [2.75, 3.05) is 26.3 Å². The van der Waals surface area contributed by atoms with Gasteiger partial charge in [-0.15, -0.1) is 0 Å². The zero-order valence-electron chi connectivity index (χ0n) is 4.86. The summed E-state index contributed by atoms with van der Waals surface area (Å²) in [5, 5.41) is 5.20. The van der Waals surface area contributed by atoms with Gasteiger partial charge < -0.3 is 10.6 Å². The van der Waals surface area contributed by atoms with Crippen LogP contribution in [0.25, 0.3) is 0 Å². The fraction of sp³-hybridized carbons (Fsp3) is 1.00. The number of piperazine rings is 1. The van der Waals surface area contributed by atoms with Gasteiger partial charge in [-0.3, -0.25) is 0 Å². The van der Waals surface area contributed by atoms with Gasteiger partial charge in [-0.05, 0) is 0 Å². The molecule has 0 aromatic carbocycles. The zero-order valence-corrected chi connectivity index (χ0v) is 4.86. The van der Waals surface area contributed by atoms with Crippen LogP contribution in [-0.2, 0) is 0 Å². The number of hydrogen-bond donors (Lipinski definition) is 2. The topological polar surface area (TPSA) is 28.6 Å². The van der Waals surface area contributed by atoms with Crippen molar-refractivity contribution in [1.82, 2.24) is 5.32 Å². The second-order valence-corrected chi connectivity index (χ2v) is 2.12. The first-order valence-electron chi connectivity index (χ1n) is 3.04. The molecule has 1 atom stereocenters. The molecule has 0 amide bonds. The fourth-order valence-corrected chi connectivity index (χ4v) is 0.909. The number of rotatable bonds is 1. The van der Waals surface area contributed by atoms with E-state index >= 15 is 0 Å². The molecule has 3 N–H and O–H groups in total. The lowest BCUT2D eigenvalue weighted by molar-refractivity contribution is -0.662. The van der Waals surface area contributed by atoms with E-state index in [2.05, 4.69) is 10.6 Å². The predicted octanol–water partition coefficient (Wildman–Crippen LogP) is -1.51. The molecule has 0 bridgehead atoms. The van der Waals surface area contributed by atoms with E-state index in [0.29, 0.717) is 0 Å². The van der Waals surface area contributed by atoms with Gasteiger partial charge in [-0.2, -0.15) is 0 Å². The number of nitrogens with two attached hydrogens (primary N) is 1. The normalized spacial score (nSPS) is 30.4. The Labute approximate surface area is 48.5 Å².